The van der Waals surface area contributed by atoms with Crippen LogP contribution in [0, 0.1) is 6.92 Å². The molecule has 0 aliphatic rings. The molecule has 1 amide bonds. The molecule has 0 saturated heterocycles. The second kappa shape index (κ2) is 4.70. The van der Waals surface area contributed by atoms with Crippen LogP contribution in [0.15, 0.2) is 35.1 Å². The number of nitrogens with one attached hydrogen (secondary N) is 2. The van der Waals surface area contributed by atoms with Crippen molar-refractivity contribution in [2.45, 2.75) is 6.92 Å². The molecule has 0 aliphatic carbocycles. The summed E-state index contributed by atoms with van der Waals surface area (Å²) in [6.07, 6.45) is 0. The molecule has 0 aliphatic heterocycles. The SMILES string of the molecule is Cc1cc(O)ccc1C(=O)Nc1ccc(=O)[nH]n1. The van der Waals surface area contributed by atoms with Crippen molar-refractivity contribution in [2.24, 2.45) is 0 Å². The number of H-pyrrole nitrogens is 1. The van der Waals surface area contributed by atoms with Crippen LogP contribution in [-0.2, 0) is 0 Å². The molecule has 0 spiro atoms. The Kier molecular flexibility index (Phi) is 3.09. The smallest absolute Gasteiger partial charge is 0.264 e. The van der Waals surface area contributed by atoms with Crippen molar-refractivity contribution in [3.8, 4) is 5.75 Å². The zero-order valence-electron chi connectivity index (χ0n) is 9.60. The van der Waals surface area contributed by atoms with Gasteiger partial charge >= 0.3 is 0 Å². The van der Waals surface area contributed by atoms with Crippen LogP contribution in [0.3, 0.4) is 0 Å². The Bertz CT molecular complexity index is 629. The summed E-state index contributed by atoms with van der Waals surface area (Å²) in [6.45, 7) is 1.72. The molecule has 0 saturated carbocycles. The summed E-state index contributed by atoms with van der Waals surface area (Å²) in [5, 5.41) is 17.7. The quantitative estimate of drug-likeness (QED) is 0.736. The van der Waals surface area contributed by atoms with Gasteiger partial charge in [0.1, 0.15) is 5.75 Å². The molecule has 6 heteroatoms. The molecule has 18 heavy (non-hydrogen) atoms. The lowest BCUT2D eigenvalue weighted by molar-refractivity contribution is 0.102. The third kappa shape index (κ3) is 2.54. The first kappa shape index (κ1) is 11.8. The lowest BCUT2D eigenvalue weighted by Crippen LogP contribution is -2.16. The van der Waals surface area contributed by atoms with E-state index in [1.165, 1.54) is 30.3 Å². The zero-order chi connectivity index (χ0) is 13.1. The maximum atomic E-state index is 11.9. The molecule has 0 radical (unpaired) electrons. The van der Waals surface area contributed by atoms with Crippen LogP contribution in [0.2, 0.25) is 0 Å². The highest BCUT2D eigenvalue weighted by Crippen LogP contribution is 2.16. The first-order chi connectivity index (χ1) is 8.56. The molecule has 6 nitrogen and oxygen atoms in total. The van der Waals surface area contributed by atoms with Gasteiger partial charge in [0.2, 0.25) is 0 Å². The van der Waals surface area contributed by atoms with E-state index in [4.69, 9.17) is 0 Å². The normalized spacial score (nSPS) is 10.1. The maximum Gasteiger partial charge on any atom is 0.264 e. The molecule has 2 aromatic rings. The van der Waals surface area contributed by atoms with Gasteiger partial charge in [-0.15, -0.1) is 0 Å². The van der Waals surface area contributed by atoms with Gasteiger partial charge in [-0.3, -0.25) is 9.59 Å². The van der Waals surface area contributed by atoms with Crippen LogP contribution >= 0.6 is 0 Å². The van der Waals surface area contributed by atoms with Crippen LogP contribution in [0.1, 0.15) is 15.9 Å². The van der Waals surface area contributed by atoms with E-state index in [1.54, 1.807) is 6.92 Å². The summed E-state index contributed by atoms with van der Waals surface area (Å²) in [4.78, 5) is 22.7. The van der Waals surface area contributed by atoms with E-state index in [0.717, 1.165) is 0 Å². The first-order valence-corrected chi connectivity index (χ1v) is 5.23. The summed E-state index contributed by atoms with van der Waals surface area (Å²) >= 11 is 0. The summed E-state index contributed by atoms with van der Waals surface area (Å²) in [5.74, 6) is 0.00494. The van der Waals surface area contributed by atoms with Crippen LogP contribution in [-0.4, -0.2) is 21.2 Å². The average Bonchev–Trinajstić information content (AvgIpc) is 2.32. The Morgan fingerprint density at radius 3 is 2.72 bits per heavy atom. The van der Waals surface area contributed by atoms with E-state index in [2.05, 4.69) is 15.5 Å². The topological polar surface area (TPSA) is 95.1 Å². The Hall–Kier alpha value is -2.63. The highest BCUT2D eigenvalue weighted by Gasteiger charge is 2.10. The molecule has 1 aromatic heterocycles. The fourth-order valence-electron chi connectivity index (χ4n) is 1.50. The van der Waals surface area contributed by atoms with Crippen molar-refractivity contribution in [2.75, 3.05) is 5.32 Å². The van der Waals surface area contributed by atoms with Gasteiger partial charge in [-0.1, -0.05) is 0 Å². The summed E-state index contributed by atoms with van der Waals surface area (Å²) in [7, 11) is 0. The molecule has 92 valence electrons. The third-order valence-corrected chi connectivity index (χ3v) is 2.38. The van der Waals surface area contributed by atoms with Gasteiger partial charge in [-0.25, -0.2) is 5.10 Å². The number of aryl methyl sites for hydroxylation is 1. The molecule has 0 unspecified atom stereocenters. The summed E-state index contributed by atoms with van der Waals surface area (Å²) in [5.41, 5.74) is 0.742. The second-order valence-corrected chi connectivity index (χ2v) is 3.76. The molecule has 0 bridgehead atoms. The second-order valence-electron chi connectivity index (χ2n) is 3.76. The molecule has 0 fully saturated rings. The number of aromatic hydroxyl groups is 1. The van der Waals surface area contributed by atoms with E-state index in [-0.39, 0.29) is 23.0 Å². The van der Waals surface area contributed by atoms with Crippen LogP contribution < -0.4 is 10.9 Å². The molecule has 2 rings (SSSR count). The van der Waals surface area contributed by atoms with Gasteiger partial charge in [0.25, 0.3) is 11.5 Å². The van der Waals surface area contributed by atoms with Crippen molar-refractivity contribution in [1.29, 1.82) is 0 Å². The lowest BCUT2D eigenvalue weighted by atomic mass is 10.1. The molecule has 3 N–H and O–H groups in total. The van der Waals surface area contributed by atoms with Gasteiger partial charge < -0.3 is 10.4 Å². The van der Waals surface area contributed by atoms with E-state index in [0.29, 0.717) is 11.1 Å². The van der Waals surface area contributed by atoms with Crippen molar-refractivity contribution < 1.29 is 9.90 Å². The number of aromatic nitrogens is 2. The highest BCUT2D eigenvalue weighted by molar-refractivity contribution is 6.04. The fourth-order valence-corrected chi connectivity index (χ4v) is 1.50. The number of hydrogen-bond acceptors (Lipinski definition) is 4. The number of phenolic OH excluding ortho intramolecular Hbond substituents is 1. The minimum absolute atomic E-state index is 0.103. The minimum atomic E-state index is -0.355. The third-order valence-electron chi connectivity index (χ3n) is 2.38. The maximum absolute atomic E-state index is 11.9. The number of phenols is 1. The monoisotopic (exact) mass is 245 g/mol. The van der Waals surface area contributed by atoms with Crippen molar-refractivity contribution in [3.63, 3.8) is 0 Å². The predicted octanol–water partition coefficient (Wildman–Crippen LogP) is 1.04. The summed E-state index contributed by atoms with van der Waals surface area (Å²) < 4.78 is 0. The molecule has 1 aromatic carbocycles. The molecule has 0 atom stereocenters. The van der Waals surface area contributed by atoms with Crippen LogP contribution in [0.4, 0.5) is 5.82 Å². The first-order valence-electron chi connectivity index (χ1n) is 5.23. The van der Waals surface area contributed by atoms with Gasteiger partial charge in [-0.05, 0) is 36.8 Å². The lowest BCUT2D eigenvalue weighted by Gasteiger charge is -2.06. The number of carbonyl (C=O) groups excluding carboxylic acids is 1. The summed E-state index contributed by atoms with van der Waals surface area (Å²) in [6, 6.07) is 7.13. The van der Waals surface area contributed by atoms with Crippen LogP contribution in [0.25, 0.3) is 0 Å². The van der Waals surface area contributed by atoms with E-state index in [1.807, 2.05) is 0 Å². The van der Waals surface area contributed by atoms with E-state index in [9.17, 15) is 14.7 Å². The molecular formula is C12H11N3O3. The molecular weight excluding hydrogens is 234 g/mol. The van der Waals surface area contributed by atoms with Gasteiger partial charge in [0.05, 0.1) is 0 Å². The number of aromatic amines is 1. The van der Waals surface area contributed by atoms with Crippen LogP contribution in [0.5, 0.6) is 5.75 Å². The van der Waals surface area contributed by atoms with Gasteiger partial charge in [0.15, 0.2) is 5.82 Å². The Balaban J connectivity index is 2.22. The van der Waals surface area contributed by atoms with E-state index < -0.39 is 0 Å². The Labute approximate surface area is 102 Å². The number of anilines is 1. The number of amides is 1. The Morgan fingerprint density at radius 1 is 1.33 bits per heavy atom. The predicted molar refractivity (Wildman–Crippen MR) is 65.7 cm³/mol. The largest absolute Gasteiger partial charge is 0.508 e. The number of hydrogen-bond donors (Lipinski definition) is 3. The van der Waals surface area contributed by atoms with E-state index >= 15 is 0 Å². The van der Waals surface area contributed by atoms with Gasteiger partial charge in [-0.2, -0.15) is 5.10 Å². The number of carbonyl (C=O) groups is 1. The number of nitrogens with zero attached hydrogens (tertiary/aromatic N) is 1. The minimum Gasteiger partial charge on any atom is -0.508 e. The average molecular weight is 245 g/mol. The fraction of sp³-hybridized carbons (Fsp3) is 0.0833. The number of rotatable bonds is 2. The van der Waals surface area contributed by atoms with Crippen molar-refractivity contribution >= 4 is 11.7 Å². The molecule has 1 heterocycles. The highest BCUT2D eigenvalue weighted by atomic mass is 16.3. The number of benzene rings is 1. The van der Waals surface area contributed by atoms with Gasteiger partial charge in [0, 0.05) is 11.6 Å². The Morgan fingerprint density at radius 2 is 2.11 bits per heavy atom. The van der Waals surface area contributed by atoms with Crippen molar-refractivity contribution in [3.05, 3.63) is 51.8 Å². The van der Waals surface area contributed by atoms with Crippen molar-refractivity contribution in [1.82, 2.24) is 10.2 Å². The zero-order valence-corrected chi connectivity index (χ0v) is 9.60. The standard InChI is InChI=1S/C12H11N3O3/c1-7-6-8(16)2-3-9(7)12(18)13-10-4-5-11(17)15-14-10/h2-6,16H,1H3,(H,15,17)(H,13,14,18).